The molecule has 0 fully saturated rings. The van der Waals surface area contributed by atoms with E-state index in [4.69, 9.17) is 30.6 Å². The monoisotopic (exact) mass is 1610 g/mol. The van der Waals surface area contributed by atoms with E-state index in [1.807, 2.05) is 0 Å². The molecule has 21 nitrogen and oxygen atoms in total. The second kappa shape index (κ2) is 45.3. The molecule has 0 radical (unpaired) electrons. The van der Waals surface area contributed by atoms with Gasteiger partial charge in [-0.3, -0.25) is 9.59 Å². The van der Waals surface area contributed by atoms with Crippen molar-refractivity contribution >= 4 is 80.6 Å². The standard InChI is InChI=1S/C14H10.C11H10F4O5S.C10H8.2C6H8F4O5S.6C4H10O/c1-2-6-12-10-14-8-4-3-7-13(14)9-11(12)5-1;12-10(13,11(14,15)21(17,18)19)6-7-20-9(16)8-4-2-1-3-5-8;1-2-6-10-8-4-3-7-9(10)5-1;2*1-4(11)15-3-2-5(7,8)6(9,10)16(12,13)14;6*1-4(2,3)5/h1-10H;1-5H,6-7H2,(H,17,18,19);1-8H;2*2-3H2,1H3,(H,12,13,14);6*5H,1-3H3/p-3. The van der Waals surface area contributed by atoms with Crippen LogP contribution in [0.2, 0.25) is 0 Å². The van der Waals surface area contributed by atoms with Crippen molar-refractivity contribution in [3.63, 3.8) is 0 Å². The van der Waals surface area contributed by atoms with Crippen LogP contribution in [0.15, 0.2) is 140 Å². The van der Waals surface area contributed by atoms with Crippen LogP contribution in [0.3, 0.4) is 0 Å². The quantitative estimate of drug-likeness (QED) is 0.0172. The van der Waals surface area contributed by atoms with E-state index in [0.717, 1.165) is 13.8 Å². The molecule has 107 heavy (non-hydrogen) atoms. The number of halogens is 12. The lowest BCUT2D eigenvalue weighted by molar-refractivity contribution is -0.174. The van der Waals surface area contributed by atoms with Gasteiger partial charge in [0.2, 0.25) is 0 Å². The number of hydrogen-bond acceptors (Lipinski definition) is 21. The summed E-state index contributed by atoms with van der Waals surface area (Å²) in [5.74, 6) is -18.4. The summed E-state index contributed by atoms with van der Waals surface area (Å²) in [6.45, 7) is 29.7. The van der Waals surface area contributed by atoms with Crippen molar-refractivity contribution in [2.75, 3.05) is 19.8 Å². The first-order valence-corrected chi connectivity index (χ1v) is 35.7. The van der Waals surface area contributed by atoms with Gasteiger partial charge in [-0.1, -0.05) is 115 Å². The maximum absolute atomic E-state index is 13.0. The van der Waals surface area contributed by atoms with Gasteiger partial charge in [0.15, 0.2) is 30.4 Å². The van der Waals surface area contributed by atoms with Gasteiger partial charge in [0, 0.05) is 13.8 Å². The second-order valence-electron chi connectivity index (χ2n) is 28.4. The average molecular weight is 1610 g/mol. The topological polar surface area (TPSA) is 372 Å². The summed E-state index contributed by atoms with van der Waals surface area (Å²) < 4.78 is 254. The molecule has 0 aromatic heterocycles. The van der Waals surface area contributed by atoms with Crippen molar-refractivity contribution in [1.29, 1.82) is 0 Å². The molecule has 0 atom stereocenters. The summed E-state index contributed by atoms with van der Waals surface area (Å²) in [7, 11) is -19.5. The normalized spacial score (nSPS) is 12.3. The van der Waals surface area contributed by atoms with E-state index in [9.17, 15) is 106 Å². The SMILES string of the molecule is CC(=O)OCCC(F)(F)C(F)(F)S(=O)(=O)[O-].CC(=O)OCCC(F)(F)C(F)(F)S(=O)(=O)[O-].CC(C)(C)O.CC(C)(C)O.CC(C)(C)O.CC(C)(C)O.CC(C)(C)O.CC(C)(C)O.O=C(OCCC(F)(F)C(F)(F)S(=O)(=O)[O-])c1ccccc1.c1ccc2cc3ccccc3cc2c1.c1ccc2ccccc2c1. The molecule has 0 saturated heterocycles. The number of alkyl halides is 12. The minimum atomic E-state index is -6.54. The highest BCUT2D eigenvalue weighted by Crippen LogP contribution is 2.43. The first kappa shape index (κ1) is 109. The Bertz CT molecular complexity index is 3550. The Morgan fingerprint density at radius 2 is 0.467 bits per heavy atom. The molecule has 6 aromatic carbocycles. The zero-order valence-electron chi connectivity index (χ0n) is 63.1. The van der Waals surface area contributed by atoms with Gasteiger partial charge in [0.05, 0.1) is 78.3 Å². The Hall–Kier alpha value is -6.84. The fraction of sp³-hybridized carbons (Fsp3) is 0.535. The number of hydrogen-bond donors (Lipinski definition) is 6. The third-order valence-corrected chi connectivity index (χ3v) is 12.4. The molecule has 616 valence electrons. The number of carbonyl (C=O) groups is 3. The van der Waals surface area contributed by atoms with Crippen molar-refractivity contribution in [2.45, 2.75) is 225 Å². The van der Waals surface area contributed by atoms with Gasteiger partial charge in [0.25, 0.3) is 0 Å². The summed E-state index contributed by atoms with van der Waals surface area (Å²) in [4.78, 5) is 31.6. The Labute approximate surface area is 618 Å². The largest absolute Gasteiger partial charge is 0.743 e. The second-order valence-corrected chi connectivity index (χ2v) is 32.6. The smallest absolute Gasteiger partial charge is 0.396 e. The lowest BCUT2D eigenvalue weighted by atomic mass is 10.0. The molecule has 6 aromatic rings. The lowest BCUT2D eigenvalue weighted by Crippen LogP contribution is -2.47. The molecule has 0 spiro atoms. The molecule has 0 heterocycles. The van der Waals surface area contributed by atoms with E-state index in [-0.39, 0.29) is 5.56 Å². The highest BCUT2D eigenvalue weighted by molar-refractivity contribution is 7.87. The van der Waals surface area contributed by atoms with Gasteiger partial charge in [0.1, 0.15) is 0 Å². The Kier molecular flexibility index (Phi) is 46.1. The number of aliphatic hydroxyl groups is 6. The number of esters is 3. The molecular formula is C71H101F12O21S3-3. The van der Waals surface area contributed by atoms with Crippen molar-refractivity contribution in [2.24, 2.45) is 0 Å². The van der Waals surface area contributed by atoms with Crippen molar-refractivity contribution in [3.8, 4) is 0 Å². The van der Waals surface area contributed by atoms with E-state index in [0.29, 0.717) is 0 Å². The van der Waals surface area contributed by atoms with Gasteiger partial charge >= 0.3 is 51.4 Å². The van der Waals surface area contributed by atoms with Gasteiger partial charge < -0.3 is 58.5 Å². The molecule has 0 bridgehead atoms. The van der Waals surface area contributed by atoms with E-state index >= 15 is 0 Å². The maximum Gasteiger partial charge on any atom is 0.396 e. The highest BCUT2D eigenvalue weighted by atomic mass is 32.2. The zero-order chi connectivity index (χ0) is 85.9. The Morgan fingerprint density at radius 3 is 0.636 bits per heavy atom. The van der Waals surface area contributed by atoms with E-state index in [1.165, 1.54) is 56.6 Å². The fourth-order valence-electron chi connectivity index (χ4n) is 5.58. The van der Waals surface area contributed by atoms with Crippen molar-refractivity contribution in [3.05, 3.63) is 145 Å². The summed E-state index contributed by atoms with van der Waals surface area (Å²) in [6, 6.07) is 45.2. The number of ether oxygens (including phenoxy) is 3. The molecule has 0 aliphatic heterocycles. The number of carbonyl (C=O) groups excluding carboxylic acids is 3. The van der Waals surface area contributed by atoms with Crippen LogP contribution in [0.25, 0.3) is 32.3 Å². The molecule has 0 unspecified atom stereocenters. The molecule has 0 aliphatic rings. The molecule has 0 amide bonds. The van der Waals surface area contributed by atoms with Crippen LogP contribution in [0.4, 0.5) is 52.7 Å². The Morgan fingerprint density at radius 1 is 0.308 bits per heavy atom. The minimum Gasteiger partial charge on any atom is -0.743 e. The van der Waals surface area contributed by atoms with Crippen LogP contribution in [0.1, 0.15) is 168 Å². The van der Waals surface area contributed by atoms with Gasteiger partial charge in [-0.25, -0.2) is 30.0 Å². The van der Waals surface area contributed by atoms with Crippen LogP contribution in [0, 0.1) is 0 Å². The molecule has 36 heteroatoms. The van der Waals surface area contributed by atoms with Crippen LogP contribution in [0.5, 0.6) is 0 Å². The molecule has 6 rings (SSSR count). The van der Waals surface area contributed by atoms with Gasteiger partial charge in [-0.2, -0.15) is 52.7 Å². The summed E-state index contributed by atoms with van der Waals surface area (Å²) in [5, 5.41) is 41.7. The summed E-state index contributed by atoms with van der Waals surface area (Å²) in [6.07, 6.45) is -5.33. The third kappa shape index (κ3) is 57.0. The van der Waals surface area contributed by atoms with E-state index in [1.54, 1.807) is 131 Å². The van der Waals surface area contributed by atoms with Crippen LogP contribution in [-0.2, 0) is 54.2 Å². The van der Waals surface area contributed by atoms with Crippen LogP contribution < -0.4 is 0 Å². The average Bonchev–Trinajstić information content (AvgIpc) is 0.805. The molecule has 0 saturated carbocycles. The maximum atomic E-state index is 13.0. The van der Waals surface area contributed by atoms with Gasteiger partial charge in [-0.05, 0) is 181 Å². The van der Waals surface area contributed by atoms with Crippen molar-refractivity contribution in [1.82, 2.24) is 0 Å². The number of fused-ring (bicyclic) bond motifs is 3. The van der Waals surface area contributed by atoms with Crippen LogP contribution >= 0.6 is 0 Å². The van der Waals surface area contributed by atoms with Gasteiger partial charge in [-0.15, -0.1) is 0 Å². The third-order valence-electron chi connectivity index (χ3n) is 9.59. The molecular weight excluding hydrogens is 1510 g/mol. The molecule has 6 N–H and O–H groups in total. The number of rotatable bonds is 16. The predicted molar refractivity (Wildman–Crippen MR) is 380 cm³/mol. The number of benzene rings is 6. The fourth-order valence-corrected chi connectivity index (χ4v) is 6.98. The highest BCUT2D eigenvalue weighted by Gasteiger charge is 2.63. The Balaban J connectivity index is -0.000000372. The summed E-state index contributed by atoms with van der Waals surface area (Å²) in [5.41, 5.74) is -3.00. The predicted octanol–water partition coefficient (Wildman–Crippen LogP) is 14.9. The first-order chi connectivity index (χ1) is 47.2. The van der Waals surface area contributed by atoms with E-state index < -0.39 is 154 Å². The summed E-state index contributed by atoms with van der Waals surface area (Å²) >= 11 is 0. The van der Waals surface area contributed by atoms with E-state index in [2.05, 4.69) is 123 Å². The van der Waals surface area contributed by atoms with Crippen LogP contribution in [-0.4, -0.2) is 174 Å². The van der Waals surface area contributed by atoms with Crippen molar-refractivity contribution < 1.29 is 151 Å². The zero-order valence-corrected chi connectivity index (χ0v) is 65.5. The minimum absolute atomic E-state index is 0.00372. The lowest BCUT2D eigenvalue weighted by Gasteiger charge is -2.28. The molecule has 0 aliphatic carbocycles. The first-order valence-electron chi connectivity index (χ1n) is 31.5.